The van der Waals surface area contributed by atoms with Gasteiger partial charge in [-0.25, -0.2) is 8.42 Å². The molecule has 7 nitrogen and oxygen atoms in total. The predicted octanol–water partition coefficient (Wildman–Crippen LogP) is 5.79. The van der Waals surface area contributed by atoms with E-state index in [2.05, 4.69) is 5.32 Å². The SMILES string of the molecule is CC[C@H](C(=O)N[C@@H](C)CC)N(Cc1ccc(Cl)c(Cl)c1)C(=O)CN(c1cc(Cl)cc(Cl)c1)S(C)(=O)=O. The first-order valence-corrected chi connectivity index (χ1v) is 14.6. The van der Waals surface area contributed by atoms with E-state index < -0.39 is 28.5 Å². The molecule has 0 fully saturated rings. The van der Waals surface area contributed by atoms with Gasteiger partial charge in [0.15, 0.2) is 0 Å². The van der Waals surface area contributed by atoms with Crippen LogP contribution in [0.2, 0.25) is 20.1 Å². The maximum atomic E-state index is 13.7. The molecule has 1 N–H and O–H groups in total. The second-order valence-electron chi connectivity index (χ2n) is 8.41. The molecule has 2 aromatic carbocycles. The minimum Gasteiger partial charge on any atom is -0.352 e. The summed E-state index contributed by atoms with van der Waals surface area (Å²) in [7, 11) is -3.91. The van der Waals surface area contributed by atoms with E-state index in [1.165, 1.54) is 23.1 Å². The fourth-order valence-corrected chi connectivity index (χ4v) is 5.16. The number of nitrogens with zero attached hydrogens (tertiary/aromatic N) is 2. The summed E-state index contributed by atoms with van der Waals surface area (Å²) in [4.78, 5) is 28.1. The van der Waals surface area contributed by atoms with Gasteiger partial charge in [-0.05, 0) is 55.7 Å². The van der Waals surface area contributed by atoms with Gasteiger partial charge in [0.05, 0.1) is 22.0 Å². The molecule has 0 aliphatic carbocycles. The fourth-order valence-electron chi connectivity index (χ4n) is 3.49. The summed E-state index contributed by atoms with van der Waals surface area (Å²) in [6, 6.07) is 8.19. The third kappa shape index (κ3) is 8.42. The van der Waals surface area contributed by atoms with Gasteiger partial charge in [-0.15, -0.1) is 0 Å². The van der Waals surface area contributed by atoms with Gasteiger partial charge in [-0.3, -0.25) is 13.9 Å². The summed E-state index contributed by atoms with van der Waals surface area (Å²) in [5, 5.41) is 3.98. The summed E-state index contributed by atoms with van der Waals surface area (Å²) in [5.41, 5.74) is 0.763. The number of sulfonamides is 1. The van der Waals surface area contributed by atoms with E-state index in [0.29, 0.717) is 28.5 Å². The molecule has 198 valence electrons. The smallest absolute Gasteiger partial charge is 0.244 e. The molecule has 36 heavy (non-hydrogen) atoms. The third-order valence-electron chi connectivity index (χ3n) is 5.54. The average Bonchev–Trinajstić information content (AvgIpc) is 2.77. The molecule has 0 aliphatic rings. The number of rotatable bonds is 11. The standard InChI is InChI=1S/C24H29Cl4N3O4S/c1-5-15(3)29-24(33)22(6-2)30(13-16-7-8-20(27)21(28)9-16)23(32)14-31(36(4,34)35)19-11-17(25)10-18(26)12-19/h7-12,15,22H,5-6,13-14H2,1-4H3,(H,29,33)/t15-,22+/m0/s1. The molecule has 0 unspecified atom stereocenters. The quantitative estimate of drug-likeness (QED) is 0.356. The van der Waals surface area contributed by atoms with Crippen molar-refractivity contribution in [3.8, 4) is 0 Å². The summed E-state index contributed by atoms with van der Waals surface area (Å²) >= 11 is 24.4. The first-order chi connectivity index (χ1) is 16.8. The number of amides is 2. The first-order valence-electron chi connectivity index (χ1n) is 11.2. The molecule has 2 rings (SSSR count). The van der Waals surface area contributed by atoms with Gasteiger partial charge in [0.25, 0.3) is 0 Å². The molecule has 0 saturated heterocycles. The van der Waals surface area contributed by atoms with Gasteiger partial charge in [0.1, 0.15) is 12.6 Å². The van der Waals surface area contributed by atoms with E-state index in [1.807, 2.05) is 13.8 Å². The molecule has 2 atom stereocenters. The molecule has 0 bridgehead atoms. The van der Waals surface area contributed by atoms with Crippen molar-refractivity contribution < 1.29 is 18.0 Å². The highest BCUT2D eigenvalue weighted by atomic mass is 35.5. The zero-order valence-electron chi connectivity index (χ0n) is 20.4. The highest BCUT2D eigenvalue weighted by Gasteiger charge is 2.32. The Morgan fingerprint density at radius 2 is 1.56 bits per heavy atom. The number of nitrogens with one attached hydrogen (secondary N) is 1. The van der Waals surface area contributed by atoms with Crippen LogP contribution in [-0.4, -0.2) is 50.0 Å². The van der Waals surface area contributed by atoms with Crippen molar-refractivity contribution in [3.63, 3.8) is 0 Å². The normalized spacial score (nSPS) is 13.1. The van der Waals surface area contributed by atoms with Crippen molar-refractivity contribution in [1.29, 1.82) is 0 Å². The van der Waals surface area contributed by atoms with Crippen LogP contribution < -0.4 is 9.62 Å². The number of carbonyl (C=O) groups excluding carboxylic acids is 2. The minimum absolute atomic E-state index is 0.00998. The summed E-state index contributed by atoms with van der Waals surface area (Å²) in [6.07, 6.45) is 1.99. The van der Waals surface area contributed by atoms with Crippen LogP contribution in [0.3, 0.4) is 0 Å². The largest absolute Gasteiger partial charge is 0.352 e. The first kappa shape index (κ1) is 30.5. The summed E-state index contributed by atoms with van der Waals surface area (Å²) in [6.45, 7) is 5.02. The monoisotopic (exact) mass is 595 g/mol. The van der Waals surface area contributed by atoms with Gasteiger partial charge in [0.2, 0.25) is 21.8 Å². The molecule has 0 aromatic heterocycles. The van der Waals surface area contributed by atoms with Crippen LogP contribution in [0.5, 0.6) is 0 Å². The topological polar surface area (TPSA) is 86.8 Å². The number of halogens is 4. The van der Waals surface area contributed by atoms with Crippen molar-refractivity contribution in [1.82, 2.24) is 10.2 Å². The van der Waals surface area contributed by atoms with Crippen LogP contribution in [0.25, 0.3) is 0 Å². The Labute approximate surface area is 232 Å². The van der Waals surface area contributed by atoms with Crippen LogP contribution >= 0.6 is 46.4 Å². The molecule has 0 radical (unpaired) electrons. The lowest BCUT2D eigenvalue weighted by molar-refractivity contribution is -0.140. The van der Waals surface area contributed by atoms with Crippen molar-refractivity contribution in [3.05, 3.63) is 62.1 Å². The highest BCUT2D eigenvalue weighted by molar-refractivity contribution is 7.92. The zero-order chi connectivity index (χ0) is 27.2. The Morgan fingerprint density at radius 3 is 2.06 bits per heavy atom. The predicted molar refractivity (Wildman–Crippen MR) is 148 cm³/mol. The van der Waals surface area contributed by atoms with Gasteiger partial charge in [-0.2, -0.15) is 0 Å². The lowest BCUT2D eigenvalue weighted by atomic mass is 10.1. The Balaban J connectivity index is 2.50. The van der Waals surface area contributed by atoms with Crippen LogP contribution in [-0.2, 0) is 26.2 Å². The van der Waals surface area contributed by atoms with Gasteiger partial charge in [-0.1, -0.05) is 66.3 Å². The van der Waals surface area contributed by atoms with E-state index in [0.717, 1.165) is 10.6 Å². The molecule has 0 saturated carbocycles. The summed E-state index contributed by atoms with van der Waals surface area (Å²) in [5.74, 6) is -0.925. The van der Waals surface area contributed by atoms with Crippen molar-refractivity contribution in [2.24, 2.45) is 0 Å². The molecule has 12 heteroatoms. The van der Waals surface area contributed by atoms with E-state index >= 15 is 0 Å². The number of hydrogen-bond donors (Lipinski definition) is 1. The number of anilines is 1. The number of benzene rings is 2. The Bertz CT molecular complexity index is 1190. The Hall–Kier alpha value is -1.71. The lowest BCUT2D eigenvalue weighted by Gasteiger charge is -2.33. The fraction of sp³-hybridized carbons (Fsp3) is 0.417. The van der Waals surface area contributed by atoms with Gasteiger partial charge < -0.3 is 10.2 Å². The minimum atomic E-state index is -3.91. The maximum absolute atomic E-state index is 13.7. The van der Waals surface area contributed by atoms with Gasteiger partial charge in [0, 0.05) is 22.6 Å². The third-order valence-corrected chi connectivity index (χ3v) is 7.85. The zero-order valence-corrected chi connectivity index (χ0v) is 24.2. The van der Waals surface area contributed by atoms with Crippen LogP contribution in [0, 0.1) is 0 Å². The second kappa shape index (κ2) is 13.2. The lowest BCUT2D eigenvalue weighted by Crippen LogP contribution is -2.53. The second-order valence-corrected chi connectivity index (χ2v) is 12.0. The van der Waals surface area contributed by atoms with Crippen LogP contribution in [0.4, 0.5) is 5.69 Å². The van der Waals surface area contributed by atoms with Crippen LogP contribution in [0.15, 0.2) is 36.4 Å². The van der Waals surface area contributed by atoms with E-state index in [4.69, 9.17) is 46.4 Å². The molecule has 0 heterocycles. The molecular formula is C24H29Cl4N3O4S. The number of hydrogen-bond acceptors (Lipinski definition) is 4. The van der Waals surface area contributed by atoms with Gasteiger partial charge >= 0.3 is 0 Å². The Morgan fingerprint density at radius 1 is 0.944 bits per heavy atom. The molecule has 0 spiro atoms. The van der Waals surface area contributed by atoms with E-state index in [9.17, 15) is 18.0 Å². The summed E-state index contributed by atoms with van der Waals surface area (Å²) < 4.78 is 26.2. The average molecular weight is 597 g/mol. The van der Waals surface area contributed by atoms with Crippen molar-refractivity contribution in [2.75, 3.05) is 17.1 Å². The molecular weight excluding hydrogens is 568 g/mol. The Kier molecular flexibility index (Phi) is 11.2. The number of carbonyl (C=O) groups is 2. The van der Waals surface area contributed by atoms with E-state index in [-0.39, 0.29) is 34.2 Å². The maximum Gasteiger partial charge on any atom is 0.244 e. The van der Waals surface area contributed by atoms with Crippen molar-refractivity contribution >= 4 is 73.9 Å². The molecule has 2 aromatic rings. The van der Waals surface area contributed by atoms with Crippen molar-refractivity contribution in [2.45, 2.75) is 52.2 Å². The van der Waals surface area contributed by atoms with Crippen LogP contribution in [0.1, 0.15) is 39.2 Å². The van der Waals surface area contributed by atoms with E-state index in [1.54, 1.807) is 25.1 Å². The highest BCUT2D eigenvalue weighted by Crippen LogP contribution is 2.28. The molecule has 2 amide bonds. The molecule has 0 aliphatic heterocycles.